The Morgan fingerprint density at radius 2 is 2.13 bits per heavy atom. The number of nitrogens with two attached hydrogens (primary N) is 1. The van der Waals surface area contributed by atoms with Crippen molar-refractivity contribution < 1.29 is 0 Å². The van der Waals surface area contributed by atoms with Gasteiger partial charge in [-0.15, -0.1) is 0 Å². The Kier molecular flexibility index (Phi) is 3.68. The summed E-state index contributed by atoms with van der Waals surface area (Å²) < 4.78 is 0. The van der Waals surface area contributed by atoms with E-state index in [1.807, 2.05) is 0 Å². The van der Waals surface area contributed by atoms with Crippen LogP contribution in [0, 0.1) is 5.92 Å². The Morgan fingerprint density at radius 1 is 1.33 bits per heavy atom. The van der Waals surface area contributed by atoms with Crippen molar-refractivity contribution in [3.05, 3.63) is 0 Å². The molecule has 1 saturated heterocycles. The van der Waals surface area contributed by atoms with Gasteiger partial charge in [0.25, 0.3) is 0 Å². The molecule has 1 aliphatic carbocycles. The molecule has 2 nitrogen and oxygen atoms in total. The molecule has 1 unspecified atom stereocenters. The largest absolute Gasteiger partial charge is 0.325 e. The van der Waals surface area contributed by atoms with E-state index in [1.54, 1.807) is 0 Å². The maximum Gasteiger partial charge on any atom is 0.0166 e. The normalized spacial score (nSPS) is 31.2. The molecule has 1 heterocycles. The van der Waals surface area contributed by atoms with E-state index in [1.165, 1.54) is 64.6 Å². The van der Waals surface area contributed by atoms with Crippen LogP contribution in [-0.2, 0) is 0 Å². The van der Waals surface area contributed by atoms with E-state index in [0.29, 0.717) is 0 Å². The first-order valence-corrected chi connectivity index (χ1v) is 6.73. The van der Waals surface area contributed by atoms with Gasteiger partial charge in [0.15, 0.2) is 0 Å². The van der Waals surface area contributed by atoms with Gasteiger partial charge in [0.05, 0.1) is 0 Å². The van der Waals surface area contributed by atoms with Gasteiger partial charge in [-0.2, -0.15) is 0 Å². The van der Waals surface area contributed by atoms with E-state index in [4.69, 9.17) is 5.73 Å². The van der Waals surface area contributed by atoms with E-state index in [0.717, 1.165) is 5.92 Å². The van der Waals surface area contributed by atoms with E-state index in [9.17, 15) is 0 Å². The van der Waals surface area contributed by atoms with Crippen LogP contribution in [0.25, 0.3) is 0 Å². The quantitative estimate of drug-likeness (QED) is 0.772. The maximum atomic E-state index is 6.26. The SMILES string of the molecule is CCC1CCCN(CCC2(N)CCC2)C1. The molecule has 88 valence electrons. The molecule has 0 bridgehead atoms. The zero-order valence-electron chi connectivity index (χ0n) is 10.2. The van der Waals surface area contributed by atoms with Crippen LogP contribution < -0.4 is 5.73 Å². The Bertz CT molecular complexity index is 199. The molecular weight excluding hydrogens is 184 g/mol. The lowest BCUT2D eigenvalue weighted by atomic mass is 9.75. The minimum absolute atomic E-state index is 0.221. The first kappa shape index (κ1) is 11.4. The van der Waals surface area contributed by atoms with E-state index in [2.05, 4.69) is 11.8 Å². The van der Waals surface area contributed by atoms with Crippen LogP contribution >= 0.6 is 0 Å². The topological polar surface area (TPSA) is 29.3 Å². The van der Waals surface area contributed by atoms with Gasteiger partial charge < -0.3 is 10.6 Å². The molecule has 1 aliphatic heterocycles. The lowest BCUT2D eigenvalue weighted by Crippen LogP contribution is -2.49. The summed E-state index contributed by atoms with van der Waals surface area (Å²) >= 11 is 0. The molecule has 2 rings (SSSR count). The Balaban J connectivity index is 1.69. The number of hydrogen-bond donors (Lipinski definition) is 1. The average Bonchev–Trinajstić information content (AvgIpc) is 2.24. The molecule has 15 heavy (non-hydrogen) atoms. The van der Waals surface area contributed by atoms with Crippen LogP contribution in [0.2, 0.25) is 0 Å². The zero-order valence-corrected chi connectivity index (χ0v) is 10.2. The van der Waals surface area contributed by atoms with Crippen molar-refractivity contribution in [2.24, 2.45) is 11.7 Å². The highest BCUT2D eigenvalue weighted by molar-refractivity contribution is 4.93. The number of rotatable bonds is 4. The molecule has 0 aromatic heterocycles. The van der Waals surface area contributed by atoms with Crippen LogP contribution in [0.15, 0.2) is 0 Å². The van der Waals surface area contributed by atoms with Gasteiger partial charge in [0, 0.05) is 12.1 Å². The van der Waals surface area contributed by atoms with Crippen molar-refractivity contribution in [2.75, 3.05) is 19.6 Å². The smallest absolute Gasteiger partial charge is 0.0166 e. The van der Waals surface area contributed by atoms with Gasteiger partial charge in [-0.3, -0.25) is 0 Å². The number of piperidine rings is 1. The molecule has 1 atom stereocenters. The van der Waals surface area contributed by atoms with Crippen molar-refractivity contribution in [3.8, 4) is 0 Å². The van der Waals surface area contributed by atoms with E-state index >= 15 is 0 Å². The van der Waals surface area contributed by atoms with Gasteiger partial charge >= 0.3 is 0 Å². The van der Waals surface area contributed by atoms with Gasteiger partial charge in [0.1, 0.15) is 0 Å². The molecule has 0 spiro atoms. The monoisotopic (exact) mass is 210 g/mol. The first-order chi connectivity index (χ1) is 7.22. The molecule has 1 saturated carbocycles. The summed E-state index contributed by atoms with van der Waals surface area (Å²) in [5, 5.41) is 0. The zero-order chi connectivity index (χ0) is 10.7. The van der Waals surface area contributed by atoms with Crippen LogP contribution in [0.5, 0.6) is 0 Å². The van der Waals surface area contributed by atoms with Crippen molar-refractivity contribution in [1.29, 1.82) is 0 Å². The molecule has 2 aliphatic rings. The highest BCUT2D eigenvalue weighted by atomic mass is 15.1. The van der Waals surface area contributed by atoms with Gasteiger partial charge in [-0.1, -0.05) is 13.3 Å². The molecule has 0 aromatic rings. The third-order valence-corrected chi connectivity index (χ3v) is 4.46. The molecule has 2 heteroatoms. The predicted molar refractivity (Wildman–Crippen MR) is 64.8 cm³/mol. The molecule has 0 radical (unpaired) electrons. The Morgan fingerprint density at radius 3 is 2.73 bits per heavy atom. The molecule has 0 aromatic carbocycles. The lowest BCUT2D eigenvalue weighted by molar-refractivity contribution is 0.136. The average molecular weight is 210 g/mol. The number of likely N-dealkylation sites (tertiary alicyclic amines) is 1. The molecule has 0 amide bonds. The third-order valence-electron chi connectivity index (χ3n) is 4.46. The summed E-state index contributed by atoms with van der Waals surface area (Å²) in [7, 11) is 0. The number of nitrogens with zero attached hydrogens (tertiary/aromatic N) is 1. The summed E-state index contributed by atoms with van der Waals surface area (Å²) in [6.45, 7) is 6.21. The van der Waals surface area contributed by atoms with Gasteiger partial charge in [0.2, 0.25) is 0 Å². The highest BCUT2D eigenvalue weighted by Crippen LogP contribution is 2.32. The standard InChI is InChI=1S/C13H26N2/c1-2-12-5-3-9-15(11-12)10-8-13(14)6-4-7-13/h12H,2-11,14H2,1H3. The summed E-state index contributed by atoms with van der Waals surface area (Å²) in [6.07, 6.45) is 9.30. The summed E-state index contributed by atoms with van der Waals surface area (Å²) in [6, 6.07) is 0. The van der Waals surface area contributed by atoms with Crippen molar-refractivity contribution in [3.63, 3.8) is 0 Å². The second kappa shape index (κ2) is 4.84. The summed E-state index contributed by atoms with van der Waals surface area (Å²) in [4.78, 5) is 2.64. The first-order valence-electron chi connectivity index (χ1n) is 6.73. The minimum atomic E-state index is 0.221. The fourth-order valence-electron chi connectivity index (χ4n) is 2.95. The van der Waals surface area contributed by atoms with Crippen LogP contribution in [0.4, 0.5) is 0 Å². The second-order valence-corrected chi connectivity index (χ2v) is 5.68. The molecule has 2 fully saturated rings. The molecule has 2 N–H and O–H groups in total. The van der Waals surface area contributed by atoms with Gasteiger partial charge in [-0.05, 0) is 57.5 Å². The Labute approximate surface area is 94.2 Å². The predicted octanol–water partition coefficient (Wildman–Crippen LogP) is 2.38. The summed E-state index contributed by atoms with van der Waals surface area (Å²) in [5.41, 5.74) is 6.48. The van der Waals surface area contributed by atoms with Crippen molar-refractivity contribution in [2.45, 2.75) is 57.4 Å². The van der Waals surface area contributed by atoms with Crippen LogP contribution in [0.3, 0.4) is 0 Å². The molecular formula is C13H26N2. The van der Waals surface area contributed by atoms with Crippen LogP contribution in [0.1, 0.15) is 51.9 Å². The van der Waals surface area contributed by atoms with E-state index < -0.39 is 0 Å². The fourth-order valence-corrected chi connectivity index (χ4v) is 2.95. The third kappa shape index (κ3) is 2.94. The van der Waals surface area contributed by atoms with Crippen LogP contribution in [-0.4, -0.2) is 30.1 Å². The van der Waals surface area contributed by atoms with Crippen molar-refractivity contribution in [1.82, 2.24) is 4.90 Å². The van der Waals surface area contributed by atoms with Gasteiger partial charge in [-0.25, -0.2) is 0 Å². The second-order valence-electron chi connectivity index (χ2n) is 5.68. The Hall–Kier alpha value is -0.0800. The van der Waals surface area contributed by atoms with E-state index in [-0.39, 0.29) is 5.54 Å². The summed E-state index contributed by atoms with van der Waals surface area (Å²) in [5.74, 6) is 0.953. The number of hydrogen-bond acceptors (Lipinski definition) is 2. The minimum Gasteiger partial charge on any atom is -0.325 e. The maximum absolute atomic E-state index is 6.26. The lowest BCUT2D eigenvalue weighted by Gasteiger charge is -2.41. The van der Waals surface area contributed by atoms with Crippen molar-refractivity contribution >= 4 is 0 Å². The fraction of sp³-hybridized carbons (Fsp3) is 1.00. The highest BCUT2D eigenvalue weighted by Gasteiger charge is 2.32.